The molecule has 4 heteroatoms. The molecule has 0 radical (unpaired) electrons. The fourth-order valence-electron chi connectivity index (χ4n) is 3.35. The maximum atomic E-state index is 12.8. The van der Waals surface area contributed by atoms with E-state index in [1.165, 1.54) is 25.7 Å². The molecular weight excluding hydrogens is 238 g/mol. The van der Waals surface area contributed by atoms with Gasteiger partial charge >= 0.3 is 0 Å². The Balaban J connectivity index is 2.00. The number of nitrogens with zero attached hydrogens (tertiary/aromatic N) is 2. The van der Waals surface area contributed by atoms with Gasteiger partial charge in [-0.3, -0.25) is 4.79 Å². The fourth-order valence-corrected chi connectivity index (χ4v) is 3.35. The molecular formula is C15H29N3O. The molecule has 1 heterocycles. The highest BCUT2D eigenvalue weighted by Crippen LogP contribution is 2.27. The van der Waals surface area contributed by atoms with E-state index in [4.69, 9.17) is 0 Å². The van der Waals surface area contributed by atoms with Crippen molar-refractivity contribution >= 4 is 5.91 Å². The number of hydrogen-bond donors (Lipinski definition) is 1. The Morgan fingerprint density at radius 2 is 1.84 bits per heavy atom. The molecule has 2 fully saturated rings. The molecule has 0 spiro atoms. The third-order valence-electron chi connectivity index (χ3n) is 4.67. The molecule has 0 bridgehead atoms. The quantitative estimate of drug-likeness (QED) is 0.812. The van der Waals surface area contributed by atoms with Gasteiger partial charge < -0.3 is 15.1 Å². The predicted octanol–water partition coefficient (Wildman–Crippen LogP) is 1.17. The molecule has 1 aliphatic carbocycles. The summed E-state index contributed by atoms with van der Waals surface area (Å²) in [5.41, 5.74) is 0. The zero-order valence-corrected chi connectivity index (χ0v) is 12.7. The van der Waals surface area contributed by atoms with Crippen LogP contribution in [0, 0.1) is 11.8 Å². The van der Waals surface area contributed by atoms with E-state index < -0.39 is 0 Å². The van der Waals surface area contributed by atoms with Crippen LogP contribution in [0.4, 0.5) is 0 Å². The van der Waals surface area contributed by atoms with E-state index in [2.05, 4.69) is 36.1 Å². The minimum atomic E-state index is 0.197. The van der Waals surface area contributed by atoms with E-state index in [-0.39, 0.29) is 5.92 Å². The van der Waals surface area contributed by atoms with E-state index in [0.717, 1.165) is 26.2 Å². The minimum absolute atomic E-state index is 0.197. The van der Waals surface area contributed by atoms with Crippen LogP contribution in [0.3, 0.4) is 0 Å². The van der Waals surface area contributed by atoms with Crippen LogP contribution in [0.2, 0.25) is 0 Å². The molecule has 4 nitrogen and oxygen atoms in total. The molecule has 2 rings (SSSR count). The van der Waals surface area contributed by atoms with Crippen molar-refractivity contribution in [3.05, 3.63) is 0 Å². The third-order valence-corrected chi connectivity index (χ3v) is 4.67. The van der Waals surface area contributed by atoms with Gasteiger partial charge in [0.2, 0.25) is 5.91 Å². The Bertz CT molecular complexity index is 300. The molecule has 0 aromatic carbocycles. The Morgan fingerprint density at radius 3 is 2.37 bits per heavy atom. The summed E-state index contributed by atoms with van der Waals surface area (Å²) >= 11 is 0. The molecule has 0 aromatic rings. The fraction of sp³-hybridized carbons (Fsp3) is 0.933. The lowest BCUT2D eigenvalue weighted by molar-refractivity contribution is -0.138. The first-order valence-corrected chi connectivity index (χ1v) is 7.75. The van der Waals surface area contributed by atoms with Gasteiger partial charge in [0.05, 0.1) is 5.92 Å². The van der Waals surface area contributed by atoms with Crippen molar-refractivity contribution in [3.8, 4) is 0 Å². The van der Waals surface area contributed by atoms with Crippen molar-refractivity contribution < 1.29 is 4.79 Å². The summed E-state index contributed by atoms with van der Waals surface area (Å²) in [5, 5.41) is 3.36. The molecule has 110 valence electrons. The first kappa shape index (κ1) is 14.8. The zero-order chi connectivity index (χ0) is 13.8. The van der Waals surface area contributed by atoms with Gasteiger partial charge in [-0.05, 0) is 39.4 Å². The van der Waals surface area contributed by atoms with Crippen LogP contribution in [0.5, 0.6) is 0 Å². The summed E-state index contributed by atoms with van der Waals surface area (Å²) in [7, 11) is 4.16. The zero-order valence-electron chi connectivity index (χ0n) is 12.7. The van der Waals surface area contributed by atoms with Crippen LogP contribution < -0.4 is 5.32 Å². The number of likely N-dealkylation sites (N-methyl/N-ethyl adjacent to an activating group) is 1. The lowest BCUT2D eigenvalue weighted by Crippen LogP contribution is -2.46. The molecule has 2 unspecified atom stereocenters. The van der Waals surface area contributed by atoms with Crippen molar-refractivity contribution in [3.63, 3.8) is 0 Å². The van der Waals surface area contributed by atoms with E-state index in [9.17, 15) is 4.79 Å². The Labute approximate surface area is 117 Å². The van der Waals surface area contributed by atoms with Crippen LogP contribution in [-0.4, -0.2) is 62.0 Å². The second-order valence-corrected chi connectivity index (χ2v) is 6.52. The highest BCUT2D eigenvalue weighted by molar-refractivity contribution is 5.80. The normalized spacial score (nSPS) is 28.2. The number of amides is 1. The van der Waals surface area contributed by atoms with Crippen LogP contribution >= 0.6 is 0 Å². The summed E-state index contributed by atoms with van der Waals surface area (Å²) in [6.45, 7) is 5.91. The van der Waals surface area contributed by atoms with Gasteiger partial charge in [0.25, 0.3) is 0 Å². The molecule has 19 heavy (non-hydrogen) atoms. The molecule has 1 N–H and O–H groups in total. The minimum Gasteiger partial charge on any atom is -0.338 e. The van der Waals surface area contributed by atoms with Crippen LogP contribution in [0.1, 0.15) is 32.6 Å². The van der Waals surface area contributed by atoms with Crippen LogP contribution in [-0.2, 0) is 4.79 Å². The average molecular weight is 267 g/mol. The smallest absolute Gasteiger partial charge is 0.227 e. The largest absolute Gasteiger partial charge is 0.338 e. The van der Waals surface area contributed by atoms with Crippen LogP contribution in [0.15, 0.2) is 0 Å². The molecule has 1 aliphatic heterocycles. The molecule has 1 saturated carbocycles. The van der Waals surface area contributed by atoms with Gasteiger partial charge in [-0.25, -0.2) is 0 Å². The molecule has 1 saturated heterocycles. The highest BCUT2D eigenvalue weighted by atomic mass is 16.2. The molecule has 2 aliphatic rings. The van der Waals surface area contributed by atoms with Gasteiger partial charge in [-0.2, -0.15) is 0 Å². The average Bonchev–Trinajstić information content (AvgIpc) is 3.00. The maximum absolute atomic E-state index is 12.8. The van der Waals surface area contributed by atoms with Gasteiger partial charge in [0, 0.05) is 25.7 Å². The summed E-state index contributed by atoms with van der Waals surface area (Å²) in [4.78, 5) is 17.2. The lowest BCUT2D eigenvalue weighted by atomic mass is 9.95. The van der Waals surface area contributed by atoms with E-state index in [1.807, 2.05) is 0 Å². The number of rotatable bonds is 5. The summed E-state index contributed by atoms with van der Waals surface area (Å²) < 4.78 is 0. The summed E-state index contributed by atoms with van der Waals surface area (Å²) in [6.07, 6.45) is 4.98. The van der Waals surface area contributed by atoms with Gasteiger partial charge in [0.1, 0.15) is 0 Å². The van der Waals surface area contributed by atoms with Gasteiger partial charge in [-0.1, -0.05) is 19.8 Å². The number of nitrogens with one attached hydrogen (secondary N) is 1. The lowest BCUT2D eigenvalue weighted by Gasteiger charge is -2.33. The second-order valence-electron chi connectivity index (χ2n) is 6.52. The van der Waals surface area contributed by atoms with Gasteiger partial charge in [-0.15, -0.1) is 0 Å². The second kappa shape index (κ2) is 6.71. The van der Waals surface area contributed by atoms with E-state index in [1.54, 1.807) is 0 Å². The van der Waals surface area contributed by atoms with Gasteiger partial charge in [0.15, 0.2) is 0 Å². The highest BCUT2D eigenvalue weighted by Gasteiger charge is 2.36. The SMILES string of the molecule is CC1CNCC1C(=O)N(CCN(C)C)C1CCCC1. The number of carbonyl (C=O) groups is 1. The molecule has 2 atom stereocenters. The van der Waals surface area contributed by atoms with Crippen molar-refractivity contribution in [2.45, 2.75) is 38.6 Å². The third kappa shape index (κ3) is 3.69. The van der Waals surface area contributed by atoms with Crippen molar-refractivity contribution in [1.29, 1.82) is 0 Å². The standard InChI is InChI=1S/C15H29N3O/c1-12-10-16-11-14(12)15(19)18(9-8-17(2)3)13-6-4-5-7-13/h12-14,16H,4-11H2,1-3H3. The van der Waals surface area contributed by atoms with Crippen LogP contribution in [0.25, 0.3) is 0 Å². The Morgan fingerprint density at radius 1 is 1.16 bits per heavy atom. The monoisotopic (exact) mass is 267 g/mol. The number of carbonyl (C=O) groups excluding carboxylic acids is 1. The van der Waals surface area contributed by atoms with Crippen molar-refractivity contribution in [2.24, 2.45) is 11.8 Å². The summed E-state index contributed by atoms with van der Waals surface area (Å²) in [6, 6.07) is 0.500. The Kier molecular flexibility index (Phi) is 5.22. The molecule has 0 aromatic heterocycles. The Hall–Kier alpha value is -0.610. The maximum Gasteiger partial charge on any atom is 0.227 e. The predicted molar refractivity (Wildman–Crippen MR) is 78.0 cm³/mol. The number of hydrogen-bond acceptors (Lipinski definition) is 3. The van der Waals surface area contributed by atoms with E-state index in [0.29, 0.717) is 17.9 Å². The topological polar surface area (TPSA) is 35.6 Å². The first-order chi connectivity index (χ1) is 9.09. The van der Waals surface area contributed by atoms with E-state index >= 15 is 0 Å². The summed E-state index contributed by atoms with van der Waals surface area (Å²) in [5.74, 6) is 1.07. The molecule has 1 amide bonds. The first-order valence-electron chi connectivity index (χ1n) is 7.75. The van der Waals surface area contributed by atoms with Crippen molar-refractivity contribution in [2.75, 3.05) is 40.3 Å². The van der Waals surface area contributed by atoms with Crippen molar-refractivity contribution in [1.82, 2.24) is 15.1 Å².